The molecule has 0 saturated carbocycles. The Morgan fingerprint density at radius 3 is 1.97 bits per heavy atom. The summed E-state index contributed by atoms with van der Waals surface area (Å²) in [5, 5.41) is 0.610. The molecule has 9 heteroatoms. The Morgan fingerprint density at radius 1 is 0.935 bits per heavy atom. The van der Waals surface area contributed by atoms with Gasteiger partial charge in [0.25, 0.3) is 6.43 Å². The van der Waals surface area contributed by atoms with Crippen LogP contribution >= 0.6 is 11.8 Å². The summed E-state index contributed by atoms with van der Waals surface area (Å²) in [6.07, 6.45) is -7.50. The Hall–Kier alpha value is -2.78. The lowest BCUT2D eigenvalue weighted by molar-refractivity contribution is -0.194. The molecule has 4 rings (SSSR count). The Balaban J connectivity index is 1.65. The molecule has 2 aliphatic heterocycles. The minimum atomic E-state index is -2.96. The summed E-state index contributed by atoms with van der Waals surface area (Å²) in [4.78, 5) is 29.8. The van der Waals surface area contributed by atoms with E-state index in [-0.39, 0.29) is 11.1 Å². The molecular weight excluding hydrogens is 428 g/mol. The Bertz CT molecular complexity index is 972. The molecule has 5 atom stereocenters. The van der Waals surface area contributed by atoms with Crippen LogP contribution in [0.4, 0.5) is 8.78 Å². The lowest BCUT2D eigenvalue weighted by atomic mass is 9.97. The van der Waals surface area contributed by atoms with Gasteiger partial charge in [0.1, 0.15) is 11.5 Å². The maximum atomic E-state index is 13.9. The normalized spacial score (nSPS) is 27.4. The molecular formula is C22H19F2NO5S. The van der Waals surface area contributed by atoms with Crippen molar-refractivity contribution in [3.8, 4) is 0 Å². The summed E-state index contributed by atoms with van der Waals surface area (Å²) >= 11 is 1.18. The highest BCUT2D eigenvalue weighted by Gasteiger charge is 2.55. The number of halogens is 2. The van der Waals surface area contributed by atoms with Crippen LogP contribution in [-0.2, 0) is 14.2 Å². The summed E-state index contributed by atoms with van der Waals surface area (Å²) in [5.41, 5.74) is -0.330. The smallest absolute Gasteiger partial charge is 0.338 e. The molecule has 0 amide bonds. The van der Waals surface area contributed by atoms with Crippen molar-refractivity contribution in [2.24, 2.45) is 4.99 Å². The molecule has 1 fully saturated rings. The Labute approximate surface area is 181 Å². The van der Waals surface area contributed by atoms with E-state index in [1.54, 1.807) is 55.5 Å². The number of hydrogen-bond acceptors (Lipinski definition) is 7. The lowest BCUT2D eigenvalue weighted by Gasteiger charge is -2.41. The molecule has 0 spiro atoms. The molecule has 6 nitrogen and oxygen atoms in total. The molecule has 2 aromatic rings. The summed E-state index contributed by atoms with van der Waals surface area (Å²) in [7, 11) is 0. The van der Waals surface area contributed by atoms with Crippen molar-refractivity contribution in [1.82, 2.24) is 0 Å². The van der Waals surface area contributed by atoms with Gasteiger partial charge in [-0.1, -0.05) is 48.2 Å². The van der Waals surface area contributed by atoms with Crippen LogP contribution < -0.4 is 0 Å². The topological polar surface area (TPSA) is 74.2 Å². The summed E-state index contributed by atoms with van der Waals surface area (Å²) in [6.45, 7) is 1.71. The number of nitrogens with zero attached hydrogens (tertiary/aromatic N) is 1. The van der Waals surface area contributed by atoms with Gasteiger partial charge in [-0.2, -0.15) is 0 Å². The van der Waals surface area contributed by atoms with E-state index in [9.17, 15) is 18.4 Å². The molecule has 0 aromatic heterocycles. The number of benzene rings is 2. The van der Waals surface area contributed by atoms with Gasteiger partial charge in [0.15, 0.2) is 18.3 Å². The van der Waals surface area contributed by atoms with E-state index in [0.29, 0.717) is 5.04 Å². The number of alkyl halides is 2. The second kappa shape index (κ2) is 9.15. The molecule has 162 valence electrons. The Morgan fingerprint density at radius 2 is 1.45 bits per heavy atom. The second-order valence-corrected chi connectivity index (χ2v) is 8.32. The van der Waals surface area contributed by atoms with Crippen LogP contribution in [0.15, 0.2) is 65.7 Å². The van der Waals surface area contributed by atoms with Crippen LogP contribution in [0.2, 0.25) is 0 Å². The second-order valence-electron chi connectivity index (χ2n) is 7.03. The first-order chi connectivity index (χ1) is 14.9. The summed E-state index contributed by atoms with van der Waals surface area (Å²) in [6, 6.07) is 15.4. The number of esters is 2. The van der Waals surface area contributed by atoms with Gasteiger partial charge in [-0.25, -0.2) is 18.4 Å². The number of carbonyl (C=O) groups is 2. The number of rotatable bonds is 5. The standard InChI is InChI=1S/C22H19F2NO5S/c1-12-25-15-16(28-20(26)13-8-4-2-5-9-13)17(18(19(23)24)30-22(15)31-12)29-21(27)14-10-6-3-7-11-14/h2-11,15-19,22H,1H3/t15-,16-,17+,18+,22-/m1/s1. The predicted molar refractivity (Wildman–Crippen MR) is 110 cm³/mol. The van der Waals surface area contributed by atoms with Gasteiger partial charge in [0, 0.05) is 0 Å². The zero-order valence-corrected chi connectivity index (χ0v) is 17.2. The third-order valence-electron chi connectivity index (χ3n) is 4.93. The van der Waals surface area contributed by atoms with Gasteiger partial charge in [-0.05, 0) is 31.2 Å². The van der Waals surface area contributed by atoms with Crippen LogP contribution in [0.1, 0.15) is 27.6 Å². The molecule has 31 heavy (non-hydrogen) atoms. The molecule has 0 N–H and O–H groups in total. The van der Waals surface area contributed by atoms with Crippen molar-refractivity contribution in [1.29, 1.82) is 0 Å². The minimum Gasteiger partial charge on any atom is -0.452 e. The van der Waals surface area contributed by atoms with Crippen molar-refractivity contribution in [3.63, 3.8) is 0 Å². The number of thioether (sulfide) groups is 1. The van der Waals surface area contributed by atoms with Gasteiger partial charge in [-0.15, -0.1) is 0 Å². The Kier molecular flexibility index (Phi) is 6.33. The number of hydrogen-bond donors (Lipinski definition) is 0. The highest BCUT2D eigenvalue weighted by Crippen LogP contribution is 2.40. The zero-order chi connectivity index (χ0) is 22.0. The van der Waals surface area contributed by atoms with Gasteiger partial charge in [0.2, 0.25) is 0 Å². The van der Waals surface area contributed by atoms with Crippen LogP contribution in [0, 0.1) is 0 Å². The quantitative estimate of drug-likeness (QED) is 0.646. The van der Waals surface area contributed by atoms with E-state index in [2.05, 4.69) is 4.99 Å². The summed E-state index contributed by atoms with van der Waals surface area (Å²) < 4.78 is 44.4. The first-order valence-corrected chi connectivity index (χ1v) is 10.5. The number of aliphatic imine (C=N–C) groups is 1. The largest absolute Gasteiger partial charge is 0.452 e. The van der Waals surface area contributed by atoms with E-state index in [1.807, 2.05) is 0 Å². The average molecular weight is 447 g/mol. The van der Waals surface area contributed by atoms with Crippen molar-refractivity contribution < 1.29 is 32.6 Å². The van der Waals surface area contributed by atoms with Gasteiger partial charge in [-0.3, -0.25) is 4.99 Å². The fourth-order valence-electron chi connectivity index (χ4n) is 3.49. The van der Waals surface area contributed by atoms with Crippen LogP contribution in [0.25, 0.3) is 0 Å². The van der Waals surface area contributed by atoms with Crippen LogP contribution in [0.3, 0.4) is 0 Å². The van der Waals surface area contributed by atoms with Crippen molar-refractivity contribution in [3.05, 3.63) is 71.8 Å². The zero-order valence-electron chi connectivity index (χ0n) is 16.4. The van der Waals surface area contributed by atoms with Crippen molar-refractivity contribution in [2.45, 2.75) is 43.1 Å². The molecule has 0 bridgehead atoms. The molecule has 2 aromatic carbocycles. The molecule has 1 saturated heterocycles. The van der Waals surface area contributed by atoms with E-state index in [0.717, 1.165) is 0 Å². The summed E-state index contributed by atoms with van der Waals surface area (Å²) in [5.74, 6) is -1.53. The number of ether oxygens (including phenoxy) is 3. The third-order valence-corrected chi connectivity index (χ3v) is 5.99. The van der Waals surface area contributed by atoms with E-state index in [4.69, 9.17) is 14.2 Å². The SMILES string of the molecule is CC1=N[C@@H]2[C@@H](OC(=O)c3ccccc3)[C@H](OC(=O)c3ccccc3)[C@@H](C(F)F)O[C@@H]2S1. The molecule has 2 heterocycles. The van der Waals surface area contributed by atoms with Crippen LogP contribution in [0.5, 0.6) is 0 Å². The molecule has 2 aliphatic rings. The number of carbonyl (C=O) groups excluding carboxylic acids is 2. The molecule has 0 radical (unpaired) electrons. The van der Waals surface area contributed by atoms with Crippen molar-refractivity contribution >= 4 is 28.7 Å². The first-order valence-electron chi connectivity index (χ1n) is 9.61. The highest BCUT2D eigenvalue weighted by molar-refractivity contribution is 8.14. The fourth-order valence-corrected chi connectivity index (χ4v) is 4.55. The lowest BCUT2D eigenvalue weighted by Crippen LogP contribution is -2.59. The van der Waals surface area contributed by atoms with Crippen molar-refractivity contribution in [2.75, 3.05) is 0 Å². The first kappa shape index (κ1) is 21.5. The average Bonchev–Trinajstić information content (AvgIpc) is 3.16. The third kappa shape index (κ3) is 4.62. The van der Waals surface area contributed by atoms with E-state index >= 15 is 0 Å². The minimum absolute atomic E-state index is 0.186. The molecule has 0 aliphatic carbocycles. The molecule has 0 unspecified atom stereocenters. The number of fused-ring (bicyclic) bond motifs is 1. The highest BCUT2D eigenvalue weighted by atomic mass is 32.2. The van der Waals surface area contributed by atoms with E-state index in [1.165, 1.54) is 23.9 Å². The maximum absolute atomic E-state index is 13.9. The van der Waals surface area contributed by atoms with E-state index < -0.39 is 48.2 Å². The predicted octanol–water partition coefficient (Wildman–Crippen LogP) is 3.96. The van der Waals surface area contributed by atoms with Crippen LogP contribution in [-0.4, -0.2) is 53.2 Å². The fraction of sp³-hybridized carbons (Fsp3) is 0.318. The van der Waals surface area contributed by atoms with Gasteiger partial charge < -0.3 is 14.2 Å². The van der Waals surface area contributed by atoms with Gasteiger partial charge in [0.05, 0.1) is 16.2 Å². The van der Waals surface area contributed by atoms with Gasteiger partial charge >= 0.3 is 11.9 Å². The monoisotopic (exact) mass is 447 g/mol. The maximum Gasteiger partial charge on any atom is 0.338 e.